The molecular formula is C13H18N2O2. The van der Waals surface area contributed by atoms with Crippen LogP contribution < -0.4 is 5.32 Å². The highest BCUT2D eigenvalue weighted by molar-refractivity contribution is 5.72. The third-order valence-electron chi connectivity index (χ3n) is 2.54. The zero-order valence-electron chi connectivity index (χ0n) is 10.2. The van der Waals surface area contributed by atoms with E-state index in [2.05, 4.69) is 16.4 Å². The predicted molar refractivity (Wildman–Crippen MR) is 66.9 cm³/mol. The summed E-state index contributed by atoms with van der Waals surface area (Å²) in [6, 6.07) is 6.02. The van der Waals surface area contributed by atoms with Gasteiger partial charge in [-0.1, -0.05) is 6.07 Å². The van der Waals surface area contributed by atoms with Crippen LogP contribution in [0.1, 0.15) is 19.4 Å². The fourth-order valence-corrected chi connectivity index (χ4v) is 1.68. The van der Waals surface area contributed by atoms with Crippen LogP contribution >= 0.6 is 0 Å². The number of rotatable bonds is 5. The Morgan fingerprint density at radius 3 is 3.00 bits per heavy atom. The topological polar surface area (TPSA) is 58.3 Å². The van der Waals surface area contributed by atoms with E-state index < -0.39 is 5.60 Å². The summed E-state index contributed by atoms with van der Waals surface area (Å²) in [5.41, 5.74) is 2.26. The van der Waals surface area contributed by atoms with E-state index in [0.29, 0.717) is 6.54 Å². The van der Waals surface area contributed by atoms with Gasteiger partial charge in [-0.15, -0.1) is 0 Å². The van der Waals surface area contributed by atoms with Crippen molar-refractivity contribution in [2.45, 2.75) is 25.9 Å². The highest BCUT2D eigenvalue weighted by atomic mass is 16.3. The van der Waals surface area contributed by atoms with Crippen molar-refractivity contribution in [2.24, 2.45) is 0 Å². The minimum Gasteiger partial charge on any atom is -0.443 e. The molecule has 4 nitrogen and oxygen atoms in total. The Balaban J connectivity index is 1.86. The lowest BCUT2D eigenvalue weighted by Crippen LogP contribution is -2.35. The van der Waals surface area contributed by atoms with Gasteiger partial charge in [-0.25, -0.2) is 4.98 Å². The summed E-state index contributed by atoms with van der Waals surface area (Å²) in [5, 5.41) is 12.8. The van der Waals surface area contributed by atoms with Gasteiger partial charge in [0, 0.05) is 6.54 Å². The quantitative estimate of drug-likeness (QED) is 0.774. The molecule has 1 heterocycles. The minimum atomic E-state index is -0.658. The second-order valence-corrected chi connectivity index (χ2v) is 4.89. The first-order valence-corrected chi connectivity index (χ1v) is 5.80. The van der Waals surface area contributed by atoms with Gasteiger partial charge in [-0.2, -0.15) is 0 Å². The monoisotopic (exact) mass is 234 g/mol. The van der Waals surface area contributed by atoms with Gasteiger partial charge < -0.3 is 14.8 Å². The van der Waals surface area contributed by atoms with E-state index in [9.17, 15) is 5.11 Å². The normalized spacial score (nSPS) is 12.2. The number of oxazole rings is 1. The highest BCUT2D eigenvalue weighted by Crippen LogP contribution is 2.14. The molecule has 92 valence electrons. The SMILES string of the molecule is CC(C)(O)CNCCc1ccc2ncoc2c1. The van der Waals surface area contributed by atoms with Crippen LogP contribution in [-0.2, 0) is 6.42 Å². The molecule has 0 amide bonds. The summed E-state index contributed by atoms with van der Waals surface area (Å²) in [6.45, 7) is 5.02. The molecule has 0 aliphatic heterocycles. The van der Waals surface area contributed by atoms with Crippen LogP contribution in [0.5, 0.6) is 0 Å². The van der Waals surface area contributed by atoms with E-state index in [1.807, 2.05) is 12.1 Å². The summed E-state index contributed by atoms with van der Waals surface area (Å²) < 4.78 is 5.25. The first-order chi connectivity index (χ1) is 8.04. The summed E-state index contributed by atoms with van der Waals surface area (Å²) in [7, 11) is 0. The van der Waals surface area contributed by atoms with Crippen molar-refractivity contribution in [1.82, 2.24) is 10.3 Å². The standard InChI is InChI=1S/C13H18N2O2/c1-13(2,16)8-14-6-5-10-3-4-11-12(7-10)17-9-15-11/h3-4,7,9,14,16H,5-6,8H2,1-2H3. The number of hydrogen-bond acceptors (Lipinski definition) is 4. The van der Waals surface area contributed by atoms with Crippen LogP contribution in [0.15, 0.2) is 29.0 Å². The van der Waals surface area contributed by atoms with Crippen LogP contribution in [0.3, 0.4) is 0 Å². The lowest BCUT2D eigenvalue weighted by Gasteiger charge is -2.17. The van der Waals surface area contributed by atoms with Gasteiger partial charge in [0.1, 0.15) is 5.52 Å². The van der Waals surface area contributed by atoms with Crippen molar-refractivity contribution in [1.29, 1.82) is 0 Å². The number of nitrogens with one attached hydrogen (secondary N) is 1. The molecule has 0 saturated carbocycles. The molecule has 0 fully saturated rings. The zero-order valence-corrected chi connectivity index (χ0v) is 10.2. The average molecular weight is 234 g/mol. The first-order valence-electron chi connectivity index (χ1n) is 5.80. The van der Waals surface area contributed by atoms with Crippen LogP contribution in [0.2, 0.25) is 0 Å². The average Bonchev–Trinajstić information content (AvgIpc) is 2.70. The van der Waals surface area contributed by atoms with E-state index >= 15 is 0 Å². The van der Waals surface area contributed by atoms with Gasteiger partial charge in [0.05, 0.1) is 5.60 Å². The molecule has 17 heavy (non-hydrogen) atoms. The Kier molecular flexibility index (Phi) is 3.45. The Labute approximate surface area is 101 Å². The largest absolute Gasteiger partial charge is 0.443 e. The summed E-state index contributed by atoms with van der Waals surface area (Å²) in [6.07, 6.45) is 2.37. The van der Waals surface area contributed by atoms with Crippen LogP contribution in [-0.4, -0.2) is 28.8 Å². The highest BCUT2D eigenvalue weighted by Gasteiger charge is 2.10. The maximum atomic E-state index is 9.54. The lowest BCUT2D eigenvalue weighted by atomic mass is 10.1. The third kappa shape index (κ3) is 3.54. The summed E-state index contributed by atoms with van der Waals surface area (Å²) in [5.74, 6) is 0. The Morgan fingerprint density at radius 1 is 1.41 bits per heavy atom. The van der Waals surface area contributed by atoms with E-state index in [1.54, 1.807) is 13.8 Å². The smallest absolute Gasteiger partial charge is 0.181 e. The van der Waals surface area contributed by atoms with Crippen molar-refractivity contribution in [3.8, 4) is 0 Å². The lowest BCUT2D eigenvalue weighted by molar-refractivity contribution is 0.0801. The molecule has 1 aromatic carbocycles. The van der Waals surface area contributed by atoms with Crippen molar-refractivity contribution in [2.75, 3.05) is 13.1 Å². The molecule has 2 rings (SSSR count). The fourth-order valence-electron chi connectivity index (χ4n) is 1.68. The Hall–Kier alpha value is -1.39. The van der Waals surface area contributed by atoms with E-state index in [-0.39, 0.29) is 0 Å². The maximum Gasteiger partial charge on any atom is 0.181 e. The van der Waals surface area contributed by atoms with Crippen molar-refractivity contribution in [3.05, 3.63) is 30.2 Å². The number of hydrogen-bond donors (Lipinski definition) is 2. The first kappa shape index (κ1) is 12.1. The second kappa shape index (κ2) is 4.85. The molecular weight excluding hydrogens is 216 g/mol. The molecule has 0 aliphatic rings. The molecule has 0 saturated heterocycles. The molecule has 2 N–H and O–H groups in total. The van der Waals surface area contributed by atoms with Gasteiger partial charge in [0.15, 0.2) is 12.0 Å². The summed E-state index contributed by atoms with van der Waals surface area (Å²) in [4.78, 5) is 4.07. The molecule has 4 heteroatoms. The molecule has 0 aliphatic carbocycles. The number of aliphatic hydroxyl groups is 1. The van der Waals surface area contributed by atoms with Crippen molar-refractivity contribution < 1.29 is 9.52 Å². The third-order valence-corrected chi connectivity index (χ3v) is 2.54. The summed E-state index contributed by atoms with van der Waals surface area (Å²) >= 11 is 0. The molecule has 0 unspecified atom stereocenters. The molecule has 1 aromatic heterocycles. The van der Waals surface area contributed by atoms with Gasteiger partial charge in [-0.3, -0.25) is 0 Å². The van der Waals surface area contributed by atoms with E-state index in [1.165, 1.54) is 12.0 Å². The van der Waals surface area contributed by atoms with Gasteiger partial charge >= 0.3 is 0 Å². The second-order valence-electron chi connectivity index (χ2n) is 4.89. The van der Waals surface area contributed by atoms with Crippen LogP contribution in [0.4, 0.5) is 0 Å². The van der Waals surface area contributed by atoms with E-state index in [0.717, 1.165) is 24.1 Å². The van der Waals surface area contributed by atoms with E-state index in [4.69, 9.17) is 4.42 Å². The van der Waals surface area contributed by atoms with Crippen molar-refractivity contribution in [3.63, 3.8) is 0 Å². The van der Waals surface area contributed by atoms with Gasteiger partial charge in [0.2, 0.25) is 0 Å². The number of nitrogens with zero attached hydrogens (tertiary/aromatic N) is 1. The molecule has 0 spiro atoms. The predicted octanol–water partition coefficient (Wildman–Crippen LogP) is 1.73. The fraction of sp³-hybridized carbons (Fsp3) is 0.462. The Morgan fingerprint density at radius 2 is 2.24 bits per heavy atom. The zero-order chi connectivity index (χ0) is 12.3. The Bertz CT molecular complexity index is 485. The van der Waals surface area contributed by atoms with Crippen LogP contribution in [0, 0.1) is 0 Å². The number of benzene rings is 1. The molecule has 0 bridgehead atoms. The van der Waals surface area contributed by atoms with Crippen LogP contribution in [0.25, 0.3) is 11.1 Å². The van der Waals surface area contributed by atoms with Gasteiger partial charge in [-0.05, 0) is 44.5 Å². The van der Waals surface area contributed by atoms with Gasteiger partial charge in [0.25, 0.3) is 0 Å². The number of aromatic nitrogens is 1. The molecule has 0 radical (unpaired) electrons. The number of fused-ring (bicyclic) bond motifs is 1. The van der Waals surface area contributed by atoms with Crippen molar-refractivity contribution >= 4 is 11.1 Å². The minimum absolute atomic E-state index is 0.595. The molecule has 0 atom stereocenters. The maximum absolute atomic E-state index is 9.54. The molecule has 2 aromatic rings.